The molecule has 0 fully saturated rings. The van der Waals surface area contributed by atoms with E-state index in [1.54, 1.807) is 12.4 Å². The van der Waals surface area contributed by atoms with E-state index in [4.69, 9.17) is 0 Å². The van der Waals surface area contributed by atoms with Crippen molar-refractivity contribution in [3.63, 3.8) is 0 Å². The third-order valence-electron chi connectivity index (χ3n) is 3.72. The average molecular weight is 343 g/mol. The van der Waals surface area contributed by atoms with Gasteiger partial charge in [-0.05, 0) is 24.6 Å². The zero-order chi connectivity index (χ0) is 15.8. The van der Waals surface area contributed by atoms with Gasteiger partial charge in [0.25, 0.3) is 10.0 Å². The van der Waals surface area contributed by atoms with E-state index in [1.165, 1.54) is 12.3 Å². The van der Waals surface area contributed by atoms with E-state index in [9.17, 15) is 16.8 Å². The van der Waals surface area contributed by atoms with E-state index in [-0.39, 0.29) is 23.4 Å². The van der Waals surface area contributed by atoms with Gasteiger partial charge in [-0.15, -0.1) is 0 Å². The molecule has 0 aromatic carbocycles. The molecule has 120 valence electrons. The Labute approximate surface area is 130 Å². The van der Waals surface area contributed by atoms with Crippen LogP contribution in [0, 0.1) is 0 Å². The summed E-state index contributed by atoms with van der Waals surface area (Å²) in [5.41, 5.74) is 0.919. The molecule has 1 unspecified atom stereocenters. The second-order valence-corrected chi connectivity index (χ2v) is 8.98. The molecular formula is C13H17N3O4S2. The molecule has 3 heterocycles. The standard InChI is InChI=1S/C13H17N3O4S2/c17-21(18)10-12(11-4-3-5-14-8-11)15-9-13(21)16-6-1-2-7-22(16,19)20/h2-3,5,7-9,12,14-15H,1,4,6,10H2. The molecule has 3 aliphatic heterocycles. The Balaban J connectivity index is 1.89. The fourth-order valence-electron chi connectivity index (χ4n) is 2.59. The summed E-state index contributed by atoms with van der Waals surface area (Å²) in [6, 6.07) is -0.353. The molecule has 0 amide bonds. The second-order valence-electron chi connectivity index (χ2n) is 5.25. The van der Waals surface area contributed by atoms with Gasteiger partial charge in [0.15, 0.2) is 14.9 Å². The van der Waals surface area contributed by atoms with Crippen LogP contribution in [-0.4, -0.2) is 39.5 Å². The molecule has 3 aliphatic rings. The van der Waals surface area contributed by atoms with Crippen LogP contribution in [0.5, 0.6) is 0 Å². The molecule has 9 heteroatoms. The number of sulfonamides is 1. The molecule has 22 heavy (non-hydrogen) atoms. The van der Waals surface area contributed by atoms with Crippen LogP contribution in [0.4, 0.5) is 0 Å². The largest absolute Gasteiger partial charge is 0.381 e. The third kappa shape index (κ3) is 2.78. The minimum atomic E-state index is -3.71. The number of allylic oxidation sites excluding steroid dienone is 1. The minimum Gasteiger partial charge on any atom is -0.381 e. The van der Waals surface area contributed by atoms with Gasteiger partial charge in [-0.25, -0.2) is 16.8 Å². The topological polar surface area (TPSA) is 95.6 Å². The zero-order valence-corrected chi connectivity index (χ0v) is 13.4. The van der Waals surface area contributed by atoms with Crippen LogP contribution in [-0.2, 0) is 19.9 Å². The molecule has 0 saturated heterocycles. The molecular weight excluding hydrogens is 326 g/mol. The normalized spacial score (nSPS) is 29.1. The van der Waals surface area contributed by atoms with Gasteiger partial charge in [0, 0.05) is 24.4 Å². The van der Waals surface area contributed by atoms with Gasteiger partial charge < -0.3 is 10.6 Å². The van der Waals surface area contributed by atoms with Gasteiger partial charge in [-0.1, -0.05) is 12.2 Å². The molecule has 1 atom stereocenters. The van der Waals surface area contributed by atoms with Crippen LogP contribution < -0.4 is 10.6 Å². The fourth-order valence-corrected chi connectivity index (χ4v) is 6.00. The van der Waals surface area contributed by atoms with Crippen molar-refractivity contribution >= 4 is 19.9 Å². The van der Waals surface area contributed by atoms with Crippen molar-refractivity contribution in [3.05, 3.63) is 46.8 Å². The first-order valence-electron chi connectivity index (χ1n) is 6.88. The number of nitrogens with zero attached hydrogens (tertiary/aromatic N) is 1. The first kappa shape index (κ1) is 15.2. The number of hydrogen-bond donors (Lipinski definition) is 2. The number of sulfone groups is 1. The summed E-state index contributed by atoms with van der Waals surface area (Å²) in [6.45, 7) is 0.142. The fraction of sp³-hybridized carbons (Fsp3) is 0.385. The monoisotopic (exact) mass is 343 g/mol. The maximum absolute atomic E-state index is 12.5. The van der Waals surface area contributed by atoms with Gasteiger partial charge in [-0.2, -0.15) is 0 Å². The Morgan fingerprint density at radius 1 is 1.14 bits per heavy atom. The van der Waals surface area contributed by atoms with Crippen molar-refractivity contribution in [1.82, 2.24) is 14.9 Å². The van der Waals surface area contributed by atoms with E-state index in [1.807, 2.05) is 6.08 Å². The highest BCUT2D eigenvalue weighted by Crippen LogP contribution is 2.27. The Kier molecular flexibility index (Phi) is 3.77. The van der Waals surface area contributed by atoms with Crippen LogP contribution in [0.15, 0.2) is 46.8 Å². The Hall–Kier alpha value is -1.74. The number of hydrogen-bond acceptors (Lipinski definition) is 6. The van der Waals surface area contributed by atoms with Gasteiger partial charge >= 0.3 is 0 Å². The molecule has 0 aliphatic carbocycles. The molecule has 3 rings (SSSR count). The van der Waals surface area contributed by atoms with Crippen LogP contribution in [0.3, 0.4) is 0 Å². The van der Waals surface area contributed by atoms with Gasteiger partial charge in [0.2, 0.25) is 0 Å². The Morgan fingerprint density at radius 2 is 1.95 bits per heavy atom. The van der Waals surface area contributed by atoms with Crippen molar-refractivity contribution < 1.29 is 16.8 Å². The van der Waals surface area contributed by atoms with Crippen LogP contribution >= 0.6 is 0 Å². The molecule has 0 bridgehead atoms. The van der Waals surface area contributed by atoms with Crippen molar-refractivity contribution in [3.8, 4) is 0 Å². The van der Waals surface area contributed by atoms with Crippen molar-refractivity contribution in [2.45, 2.75) is 18.9 Å². The molecule has 0 aromatic heterocycles. The highest BCUT2D eigenvalue weighted by atomic mass is 32.2. The van der Waals surface area contributed by atoms with Gasteiger partial charge in [0.1, 0.15) is 0 Å². The van der Waals surface area contributed by atoms with Gasteiger partial charge in [0.05, 0.1) is 11.8 Å². The molecule has 0 saturated carbocycles. The summed E-state index contributed by atoms with van der Waals surface area (Å²) in [5.74, 6) is -0.157. The number of dihydropyridines is 1. The SMILES string of the molecule is O=S1(=O)CC(C2=CNC=CC2)NC=C1N1CCC=CS1(=O)=O. The first-order chi connectivity index (χ1) is 10.4. The Bertz CT molecular complexity index is 791. The maximum atomic E-state index is 12.5. The number of nitrogens with one attached hydrogen (secondary N) is 2. The lowest BCUT2D eigenvalue weighted by molar-refractivity contribution is 0.480. The predicted molar refractivity (Wildman–Crippen MR) is 83.2 cm³/mol. The third-order valence-corrected chi connectivity index (χ3v) is 7.11. The van der Waals surface area contributed by atoms with Crippen LogP contribution in [0.25, 0.3) is 0 Å². The van der Waals surface area contributed by atoms with E-state index < -0.39 is 19.9 Å². The molecule has 0 spiro atoms. The summed E-state index contributed by atoms with van der Waals surface area (Å²) in [5, 5.41) is 6.83. The van der Waals surface area contributed by atoms with Crippen LogP contribution in [0.1, 0.15) is 12.8 Å². The van der Waals surface area contributed by atoms with Crippen molar-refractivity contribution in [2.24, 2.45) is 0 Å². The predicted octanol–water partition coefficient (Wildman–Crippen LogP) is 0.112. The minimum absolute atomic E-state index is 0.142. The van der Waals surface area contributed by atoms with E-state index in [0.29, 0.717) is 12.8 Å². The van der Waals surface area contributed by atoms with Crippen molar-refractivity contribution in [2.75, 3.05) is 12.3 Å². The molecule has 0 aromatic rings. The van der Waals surface area contributed by atoms with Gasteiger partial charge in [-0.3, -0.25) is 4.31 Å². The second kappa shape index (κ2) is 5.47. The quantitative estimate of drug-likeness (QED) is 0.739. The van der Waals surface area contributed by atoms with E-state index in [2.05, 4.69) is 10.6 Å². The first-order valence-corrected chi connectivity index (χ1v) is 10.0. The smallest absolute Gasteiger partial charge is 0.257 e. The Morgan fingerprint density at radius 3 is 2.59 bits per heavy atom. The van der Waals surface area contributed by atoms with E-state index >= 15 is 0 Å². The maximum Gasteiger partial charge on any atom is 0.257 e. The molecule has 2 N–H and O–H groups in total. The molecule has 7 nitrogen and oxygen atoms in total. The van der Waals surface area contributed by atoms with E-state index in [0.717, 1.165) is 15.3 Å². The molecule has 0 radical (unpaired) electrons. The van der Waals surface area contributed by atoms with Crippen LogP contribution in [0.2, 0.25) is 0 Å². The lowest BCUT2D eigenvalue weighted by Gasteiger charge is -2.32. The summed E-state index contributed by atoms with van der Waals surface area (Å²) in [6.07, 6.45) is 9.45. The number of rotatable bonds is 2. The summed E-state index contributed by atoms with van der Waals surface area (Å²) < 4.78 is 50.0. The summed E-state index contributed by atoms with van der Waals surface area (Å²) >= 11 is 0. The zero-order valence-electron chi connectivity index (χ0n) is 11.8. The lowest BCUT2D eigenvalue weighted by Crippen LogP contribution is -2.45. The van der Waals surface area contributed by atoms with Crippen molar-refractivity contribution in [1.29, 1.82) is 0 Å². The highest BCUT2D eigenvalue weighted by Gasteiger charge is 2.37. The highest BCUT2D eigenvalue weighted by molar-refractivity contribution is 7.97. The average Bonchev–Trinajstić information content (AvgIpc) is 2.48. The lowest BCUT2D eigenvalue weighted by atomic mass is 10.1. The summed E-state index contributed by atoms with van der Waals surface area (Å²) in [4.78, 5) is 0. The summed E-state index contributed by atoms with van der Waals surface area (Å²) in [7, 11) is -7.38.